The van der Waals surface area contributed by atoms with Crippen molar-refractivity contribution in [1.29, 1.82) is 0 Å². The number of rotatable bonds is 8. The number of aromatic amines is 2. The molecule has 2 N–H and O–H groups in total. The average Bonchev–Trinajstić information content (AvgIpc) is 3.86. The lowest BCUT2D eigenvalue weighted by molar-refractivity contribution is -0.135. The van der Waals surface area contributed by atoms with Gasteiger partial charge in [0.25, 0.3) is 0 Å². The Kier molecular flexibility index (Phi) is 8.67. The maximum Gasteiger partial charge on any atom is 0.230 e. The molecule has 9 heteroatoms. The highest BCUT2D eigenvalue weighted by molar-refractivity contribution is 7.18. The van der Waals surface area contributed by atoms with Crippen molar-refractivity contribution in [2.24, 2.45) is 11.8 Å². The van der Waals surface area contributed by atoms with Crippen molar-refractivity contribution < 1.29 is 9.59 Å². The topological polar surface area (TPSA) is 98.0 Å². The van der Waals surface area contributed by atoms with E-state index in [0.717, 1.165) is 86.6 Å². The third-order valence-electron chi connectivity index (χ3n) is 9.48. The van der Waals surface area contributed by atoms with Gasteiger partial charge in [0, 0.05) is 19.0 Å². The van der Waals surface area contributed by atoms with Crippen molar-refractivity contribution in [1.82, 2.24) is 29.7 Å². The highest BCUT2D eigenvalue weighted by atomic mass is 31.0. The molecule has 0 spiro atoms. The third-order valence-corrected chi connectivity index (χ3v) is 9.98. The SMILES string of the molecule is CC(C)C(=O)N1CCCC1c1ncc(C2=CCC(c3ccc(-c4cnc(C5CCCN5C(=O)C(C)C=P)[nH]4)cc3)CC2)[nH]1. The van der Waals surface area contributed by atoms with Crippen LogP contribution in [0.15, 0.2) is 42.7 Å². The molecule has 3 aromatic rings. The van der Waals surface area contributed by atoms with Crippen LogP contribution in [0, 0.1) is 11.8 Å². The molecule has 0 bridgehead atoms. The van der Waals surface area contributed by atoms with E-state index >= 15 is 0 Å². The van der Waals surface area contributed by atoms with Crippen molar-refractivity contribution in [3.63, 3.8) is 0 Å². The zero-order chi connectivity index (χ0) is 30.1. The smallest absolute Gasteiger partial charge is 0.230 e. The second kappa shape index (κ2) is 12.6. The van der Waals surface area contributed by atoms with E-state index in [9.17, 15) is 9.59 Å². The summed E-state index contributed by atoms with van der Waals surface area (Å²) in [6.07, 6.45) is 13.2. The molecule has 2 fully saturated rings. The van der Waals surface area contributed by atoms with E-state index in [1.54, 1.807) is 5.80 Å². The Morgan fingerprint density at radius 2 is 1.49 bits per heavy atom. The molecular formula is C34H43N6O2P. The molecule has 2 aliphatic heterocycles. The van der Waals surface area contributed by atoms with Crippen molar-refractivity contribution in [3.8, 4) is 11.3 Å². The number of imidazole rings is 2. The molecule has 4 heterocycles. The van der Waals surface area contributed by atoms with Crippen molar-refractivity contribution in [3.05, 3.63) is 65.6 Å². The normalized spacial score (nSPS) is 23.1. The highest BCUT2D eigenvalue weighted by Crippen LogP contribution is 2.38. The molecule has 0 saturated carbocycles. The molecule has 2 aromatic heterocycles. The summed E-state index contributed by atoms with van der Waals surface area (Å²) in [6, 6.07) is 8.91. The van der Waals surface area contributed by atoms with Crippen LogP contribution in [0.5, 0.6) is 0 Å². The van der Waals surface area contributed by atoms with E-state index in [0.29, 0.717) is 5.92 Å². The minimum absolute atomic E-state index is 0.00314. The zero-order valence-corrected chi connectivity index (χ0v) is 26.5. The molecule has 0 radical (unpaired) electrons. The van der Waals surface area contributed by atoms with Crippen LogP contribution in [0.1, 0.15) is 107 Å². The molecule has 1 aliphatic carbocycles. The Bertz CT molecular complexity index is 1500. The highest BCUT2D eigenvalue weighted by Gasteiger charge is 2.34. The summed E-state index contributed by atoms with van der Waals surface area (Å²) in [5.41, 5.74) is 5.85. The van der Waals surface area contributed by atoms with Gasteiger partial charge in [-0.3, -0.25) is 9.59 Å². The van der Waals surface area contributed by atoms with E-state index < -0.39 is 0 Å². The Hall–Kier alpha value is -3.51. The third kappa shape index (κ3) is 5.99. The van der Waals surface area contributed by atoms with Crippen molar-refractivity contribution in [2.75, 3.05) is 13.1 Å². The predicted octanol–water partition coefficient (Wildman–Crippen LogP) is 6.72. The van der Waals surface area contributed by atoms with Crippen molar-refractivity contribution >= 4 is 32.0 Å². The molecule has 3 aliphatic rings. The van der Waals surface area contributed by atoms with Crippen molar-refractivity contribution in [2.45, 2.75) is 83.7 Å². The number of carbonyl (C=O) groups is 2. The second-order valence-electron chi connectivity index (χ2n) is 12.7. The van der Waals surface area contributed by atoms with Crippen LogP contribution in [0.3, 0.4) is 0 Å². The van der Waals surface area contributed by atoms with Gasteiger partial charge in [0.05, 0.1) is 41.8 Å². The van der Waals surface area contributed by atoms with Gasteiger partial charge in [-0.05, 0) is 74.5 Å². The van der Waals surface area contributed by atoms with Gasteiger partial charge < -0.3 is 19.8 Å². The fourth-order valence-electron chi connectivity index (χ4n) is 6.93. The van der Waals surface area contributed by atoms with Crippen LogP contribution < -0.4 is 0 Å². The Balaban J connectivity index is 1.09. The molecule has 6 rings (SSSR count). The van der Waals surface area contributed by atoms with Gasteiger partial charge >= 0.3 is 0 Å². The molecule has 1 aromatic carbocycles. The molecule has 226 valence electrons. The number of likely N-dealkylation sites (tertiary alicyclic amines) is 2. The van der Waals surface area contributed by atoms with Crippen LogP contribution in [0.25, 0.3) is 16.8 Å². The summed E-state index contributed by atoms with van der Waals surface area (Å²) in [5, 5.41) is 0. The minimum atomic E-state index is -0.161. The molecule has 2 amide bonds. The monoisotopic (exact) mass is 598 g/mol. The number of benzene rings is 1. The van der Waals surface area contributed by atoms with E-state index in [1.165, 1.54) is 11.1 Å². The molecule has 8 nitrogen and oxygen atoms in total. The van der Waals surface area contributed by atoms with Crippen LogP contribution >= 0.6 is 8.86 Å². The quantitative estimate of drug-likeness (QED) is 0.282. The standard InChI is InChI=1S/C34H43N6O2P/c1-21(2)33(41)39-16-4-6-29(39)31-35-18-27(37-31)25-12-8-23(9-13-25)24-10-14-26(15-11-24)28-19-36-32(38-28)30-7-5-17-40(30)34(42)22(3)20-43/h10-12,14-15,18-23,29-30,43H,4-9,13,16-17H2,1-3H3,(H,35,37)(H,36,38). The molecule has 43 heavy (non-hydrogen) atoms. The fourth-order valence-corrected chi connectivity index (χ4v) is 7.07. The lowest BCUT2D eigenvalue weighted by atomic mass is 9.83. The van der Waals surface area contributed by atoms with Gasteiger partial charge in [0.15, 0.2) is 0 Å². The maximum absolute atomic E-state index is 12.8. The number of H-pyrrole nitrogens is 2. The van der Waals surface area contributed by atoms with Gasteiger partial charge in [-0.2, -0.15) is 0 Å². The number of hydrogen-bond acceptors (Lipinski definition) is 4. The Morgan fingerprint density at radius 3 is 2.07 bits per heavy atom. The first-order valence-corrected chi connectivity index (χ1v) is 16.4. The first-order chi connectivity index (χ1) is 20.8. The number of aromatic nitrogens is 4. The Labute approximate surface area is 256 Å². The predicted molar refractivity (Wildman–Crippen MR) is 173 cm³/mol. The number of nitrogens with zero attached hydrogens (tertiary/aromatic N) is 4. The number of carbonyl (C=O) groups excluding carboxylic acids is 2. The second-order valence-corrected chi connectivity index (χ2v) is 13.0. The minimum Gasteiger partial charge on any atom is -0.341 e. The molecule has 4 atom stereocenters. The van der Waals surface area contributed by atoms with E-state index in [-0.39, 0.29) is 35.7 Å². The van der Waals surface area contributed by atoms with Gasteiger partial charge in [0.1, 0.15) is 11.6 Å². The summed E-state index contributed by atoms with van der Waals surface area (Å²) < 4.78 is 0. The Morgan fingerprint density at radius 1 is 0.884 bits per heavy atom. The largest absolute Gasteiger partial charge is 0.341 e. The van der Waals surface area contributed by atoms with Gasteiger partial charge in [-0.25, -0.2) is 9.97 Å². The number of hydrogen-bond donors (Lipinski definition) is 2. The van der Waals surface area contributed by atoms with Crippen LogP contribution in [-0.2, 0) is 9.59 Å². The van der Waals surface area contributed by atoms with Gasteiger partial charge in [-0.1, -0.05) is 50.0 Å². The van der Waals surface area contributed by atoms with Gasteiger partial charge in [0.2, 0.25) is 11.8 Å². The van der Waals surface area contributed by atoms with E-state index in [1.807, 2.05) is 43.0 Å². The molecular weight excluding hydrogens is 555 g/mol. The first kappa shape index (κ1) is 29.6. The molecule has 2 saturated heterocycles. The summed E-state index contributed by atoms with van der Waals surface area (Å²) >= 11 is 0. The average molecular weight is 599 g/mol. The fraction of sp³-hybridized carbons (Fsp3) is 0.500. The molecule has 4 unspecified atom stereocenters. The van der Waals surface area contributed by atoms with Crippen LogP contribution in [0.2, 0.25) is 0 Å². The van der Waals surface area contributed by atoms with Crippen LogP contribution in [-0.4, -0.2) is 60.4 Å². The lowest BCUT2D eigenvalue weighted by Gasteiger charge is -2.25. The summed E-state index contributed by atoms with van der Waals surface area (Å²) in [7, 11) is 3.38. The van der Waals surface area contributed by atoms with E-state index in [2.05, 4.69) is 54.2 Å². The van der Waals surface area contributed by atoms with Crippen LogP contribution in [0.4, 0.5) is 0 Å². The van der Waals surface area contributed by atoms with Gasteiger partial charge in [-0.15, -0.1) is 8.86 Å². The summed E-state index contributed by atoms with van der Waals surface area (Å²) in [4.78, 5) is 45.9. The number of nitrogens with one attached hydrogen (secondary N) is 2. The lowest BCUT2D eigenvalue weighted by Crippen LogP contribution is -2.35. The van der Waals surface area contributed by atoms with E-state index in [4.69, 9.17) is 4.98 Å². The number of allylic oxidation sites excluding steroid dienone is 2. The zero-order valence-electron chi connectivity index (χ0n) is 25.5. The first-order valence-electron chi connectivity index (χ1n) is 15.8. The number of amides is 2. The maximum atomic E-state index is 12.8. The summed E-state index contributed by atoms with van der Waals surface area (Å²) in [6.45, 7) is 7.44. The summed E-state index contributed by atoms with van der Waals surface area (Å²) in [5.74, 6) is 4.23.